The van der Waals surface area contributed by atoms with Crippen LogP contribution in [-0.4, -0.2) is 17.3 Å². The molecular formula is C8H10N3O2+. The Balaban J connectivity index is 2.85. The molecule has 1 heterocycles. The number of rotatable bonds is 3. The third kappa shape index (κ3) is 2.90. The fraction of sp³-hybridized carbons (Fsp3) is 0.125. The first-order valence-corrected chi connectivity index (χ1v) is 3.67. The van der Waals surface area contributed by atoms with Crippen LogP contribution in [0.3, 0.4) is 0 Å². The third-order valence-corrected chi connectivity index (χ3v) is 1.43. The van der Waals surface area contributed by atoms with Crippen molar-refractivity contribution in [2.24, 2.45) is 10.9 Å². The van der Waals surface area contributed by atoms with Gasteiger partial charge in [0, 0.05) is 6.07 Å². The first-order chi connectivity index (χ1) is 6.22. The van der Waals surface area contributed by atoms with E-state index in [1.165, 1.54) is 6.21 Å². The molecule has 5 nitrogen and oxygen atoms in total. The highest BCUT2D eigenvalue weighted by atomic mass is 16.4. The molecule has 3 N–H and O–H groups in total. The number of carbonyl (C=O) groups is 1. The zero-order chi connectivity index (χ0) is 9.68. The van der Waals surface area contributed by atoms with Crippen LogP contribution >= 0.6 is 0 Å². The van der Waals surface area contributed by atoms with Gasteiger partial charge in [-0.1, -0.05) is 5.16 Å². The van der Waals surface area contributed by atoms with Crippen molar-refractivity contribution in [2.75, 3.05) is 0 Å². The molecule has 0 atom stereocenters. The predicted molar refractivity (Wildman–Crippen MR) is 45.2 cm³/mol. The van der Waals surface area contributed by atoms with Gasteiger partial charge in [-0.3, -0.25) is 4.79 Å². The van der Waals surface area contributed by atoms with Gasteiger partial charge in [0.25, 0.3) is 5.91 Å². The number of pyridine rings is 1. The Bertz CT molecular complexity index is 336. The second-order valence-corrected chi connectivity index (χ2v) is 2.52. The van der Waals surface area contributed by atoms with Crippen molar-refractivity contribution in [3.05, 3.63) is 30.1 Å². The van der Waals surface area contributed by atoms with Gasteiger partial charge in [0.1, 0.15) is 0 Å². The zero-order valence-corrected chi connectivity index (χ0v) is 6.92. The summed E-state index contributed by atoms with van der Waals surface area (Å²) in [6, 6.07) is 3.48. The highest BCUT2D eigenvalue weighted by molar-refractivity contribution is 5.78. The summed E-state index contributed by atoms with van der Waals surface area (Å²) in [4.78, 5) is 10.6. The molecule has 0 bridgehead atoms. The van der Waals surface area contributed by atoms with E-state index < -0.39 is 5.91 Å². The van der Waals surface area contributed by atoms with Crippen molar-refractivity contribution in [3.8, 4) is 0 Å². The first kappa shape index (κ1) is 9.18. The van der Waals surface area contributed by atoms with E-state index in [-0.39, 0.29) is 6.54 Å². The molecule has 68 valence electrons. The summed E-state index contributed by atoms with van der Waals surface area (Å²) in [5.41, 5.74) is 5.71. The summed E-state index contributed by atoms with van der Waals surface area (Å²) in [6.45, 7) is 0.118. The number of amides is 1. The Morgan fingerprint density at radius 3 is 3.15 bits per heavy atom. The molecule has 0 fully saturated rings. The molecule has 5 heteroatoms. The molecule has 0 aliphatic heterocycles. The number of hydrogen-bond acceptors (Lipinski definition) is 3. The van der Waals surface area contributed by atoms with Gasteiger partial charge in [0.2, 0.25) is 6.54 Å². The van der Waals surface area contributed by atoms with Crippen LogP contribution in [0.15, 0.2) is 29.7 Å². The average molecular weight is 180 g/mol. The Morgan fingerprint density at radius 2 is 2.54 bits per heavy atom. The largest absolute Gasteiger partial charge is 0.411 e. The SMILES string of the molecule is NC(=O)C[n+]1cccc(/C=N/O)c1. The first-order valence-electron chi connectivity index (χ1n) is 3.67. The molecule has 0 aliphatic carbocycles. The molecular weight excluding hydrogens is 170 g/mol. The number of nitrogens with zero attached hydrogens (tertiary/aromatic N) is 2. The highest BCUT2D eigenvalue weighted by Gasteiger charge is 2.04. The molecule has 1 aromatic rings. The normalized spacial score (nSPS) is 10.5. The second kappa shape index (κ2) is 4.20. The van der Waals surface area contributed by atoms with Gasteiger partial charge in [-0.25, -0.2) is 0 Å². The van der Waals surface area contributed by atoms with Gasteiger partial charge in [0.15, 0.2) is 12.4 Å². The van der Waals surface area contributed by atoms with Gasteiger partial charge >= 0.3 is 0 Å². The number of aromatic nitrogens is 1. The third-order valence-electron chi connectivity index (χ3n) is 1.43. The molecule has 0 spiro atoms. The Kier molecular flexibility index (Phi) is 2.97. The van der Waals surface area contributed by atoms with Crippen LogP contribution in [0.4, 0.5) is 0 Å². The van der Waals surface area contributed by atoms with E-state index >= 15 is 0 Å². The van der Waals surface area contributed by atoms with Gasteiger partial charge in [-0.2, -0.15) is 4.57 Å². The van der Waals surface area contributed by atoms with Crippen molar-refractivity contribution < 1.29 is 14.6 Å². The zero-order valence-electron chi connectivity index (χ0n) is 6.92. The molecule has 0 unspecified atom stereocenters. The topological polar surface area (TPSA) is 79.6 Å². The van der Waals surface area contributed by atoms with E-state index in [1.807, 2.05) is 0 Å². The average Bonchev–Trinajstić information content (AvgIpc) is 2.04. The number of primary amides is 1. The summed E-state index contributed by atoms with van der Waals surface area (Å²) in [5.74, 6) is -0.414. The summed E-state index contributed by atoms with van der Waals surface area (Å²) in [7, 11) is 0. The molecule has 1 aromatic heterocycles. The minimum atomic E-state index is -0.414. The summed E-state index contributed by atoms with van der Waals surface area (Å²) in [6.07, 6.45) is 4.64. The lowest BCUT2D eigenvalue weighted by Gasteiger charge is -1.93. The van der Waals surface area contributed by atoms with Crippen molar-refractivity contribution >= 4 is 12.1 Å². The fourth-order valence-corrected chi connectivity index (χ4v) is 0.964. The lowest BCUT2D eigenvalue weighted by Crippen LogP contribution is -2.40. The molecule has 0 aliphatic rings. The lowest BCUT2D eigenvalue weighted by molar-refractivity contribution is -0.684. The number of oxime groups is 1. The minimum Gasteiger partial charge on any atom is -0.411 e. The number of nitrogens with two attached hydrogens (primary N) is 1. The standard InChI is InChI=1S/C8H9N3O2/c9-8(12)6-11-3-1-2-7(5-11)4-10-13/h1-5H,6H2,(H2-,9,12,13)/p+1/b10-4+. The van der Waals surface area contributed by atoms with E-state index in [2.05, 4.69) is 5.16 Å². The maximum atomic E-state index is 10.6. The van der Waals surface area contributed by atoms with Crippen molar-refractivity contribution in [2.45, 2.75) is 6.54 Å². The van der Waals surface area contributed by atoms with Crippen LogP contribution in [0.1, 0.15) is 5.56 Å². The molecule has 13 heavy (non-hydrogen) atoms. The van der Waals surface area contributed by atoms with Gasteiger partial charge in [-0.15, -0.1) is 0 Å². The van der Waals surface area contributed by atoms with Crippen LogP contribution < -0.4 is 10.3 Å². The van der Waals surface area contributed by atoms with E-state index in [4.69, 9.17) is 10.9 Å². The molecule has 1 rings (SSSR count). The second-order valence-electron chi connectivity index (χ2n) is 2.52. The lowest BCUT2D eigenvalue weighted by atomic mass is 10.3. The summed E-state index contributed by atoms with van der Waals surface area (Å²) in [5, 5.41) is 11.1. The van der Waals surface area contributed by atoms with Gasteiger partial charge in [0.05, 0.1) is 11.8 Å². The molecule has 0 saturated carbocycles. The van der Waals surface area contributed by atoms with E-state index in [0.717, 1.165) is 0 Å². The quantitative estimate of drug-likeness (QED) is 0.278. The van der Waals surface area contributed by atoms with Gasteiger partial charge in [-0.05, 0) is 6.07 Å². The van der Waals surface area contributed by atoms with Crippen LogP contribution in [0, 0.1) is 0 Å². The highest BCUT2D eigenvalue weighted by Crippen LogP contribution is 1.88. The smallest absolute Gasteiger partial charge is 0.283 e. The molecule has 0 radical (unpaired) electrons. The Hall–Kier alpha value is -1.91. The summed E-state index contributed by atoms with van der Waals surface area (Å²) >= 11 is 0. The molecule has 0 aromatic carbocycles. The molecule has 0 saturated heterocycles. The van der Waals surface area contributed by atoms with Crippen LogP contribution in [0.25, 0.3) is 0 Å². The summed E-state index contributed by atoms with van der Waals surface area (Å²) < 4.78 is 1.61. The van der Waals surface area contributed by atoms with E-state index in [0.29, 0.717) is 5.56 Å². The number of carbonyl (C=O) groups excluding carboxylic acids is 1. The predicted octanol–water partition coefficient (Wildman–Crippen LogP) is -0.732. The van der Waals surface area contributed by atoms with E-state index in [9.17, 15) is 4.79 Å². The maximum absolute atomic E-state index is 10.6. The van der Waals surface area contributed by atoms with Crippen molar-refractivity contribution in [3.63, 3.8) is 0 Å². The van der Waals surface area contributed by atoms with Crippen LogP contribution in [0.5, 0.6) is 0 Å². The fourth-order valence-electron chi connectivity index (χ4n) is 0.964. The van der Waals surface area contributed by atoms with Gasteiger partial charge < -0.3 is 10.9 Å². The minimum absolute atomic E-state index is 0.118. The Labute approximate surface area is 75.1 Å². The Morgan fingerprint density at radius 1 is 1.77 bits per heavy atom. The molecule has 1 amide bonds. The van der Waals surface area contributed by atoms with Crippen molar-refractivity contribution in [1.82, 2.24) is 0 Å². The monoisotopic (exact) mass is 180 g/mol. The van der Waals surface area contributed by atoms with Crippen LogP contribution in [0.2, 0.25) is 0 Å². The van der Waals surface area contributed by atoms with E-state index in [1.54, 1.807) is 29.1 Å². The van der Waals surface area contributed by atoms with Crippen molar-refractivity contribution in [1.29, 1.82) is 0 Å². The van der Waals surface area contributed by atoms with Crippen LogP contribution in [-0.2, 0) is 11.3 Å². The maximum Gasteiger partial charge on any atom is 0.283 e. The number of hydrogen-bond donors (Lipinski definition) is 2.